The minimum Gasteiger partial charge on any atom is -0.324 e. The lowest BCUT2D eigenvalue weighted by atomic mass is 10.3. The van der Waals surface area contributed by atoms with Gasteiger partial charge in [-0.3, -0.25) is 4.98 Å². The van der Waals surface area contributed by atoms with E-state index in [1.54, 1.807) is 24.5 Å². The Hall–Kier alpha value is -3.08. The summed E-state index contributed by atoms with van der Waals surface area (Å²) >= 11 is 0. The van der Waals surface area contributed by atoms with E-state index in [-0.39, 0.29) is 6.03 Å². The van der Waals surface area contributed by atoms with Gasteiger partial charge < -0.3 is 15.2 Å². The molecule has 5 nitrogen and oxygen atoms in total. The zero-order valence-electron chi connectivity index (χ0n) is 11.2. The number of urea groups is 1. The van der Waals surface area contributed by atoms with E-state index in [4.69, 9.17) is 0 Å². The monoisotopic (exact) mass is 278 g/mol. The molecule has 0 saturated heterocycles. The van der Waals surface area contributed by atoms with Gasteiger partial charge in [0.15, 0.2) is 0 Å². The topological polar surface area (TPSA) is 59.0 Å². The van der Waals surface area contributed by atoms with Crippen LogP contribution in [0.3, 0.4) is 0 Å². The molecule has 104 valence electrons. The van der Waals surface area contributed by atoms with Gasteiger partial charge in [0, 0.05) is 30.0 Å². The lowest BCUT2D eigenvalue weighted by Gasteiger charge is -2.08. The van der Waals surface area contributed by atoms with E-state index >= 15 is 0 Å². The van der Waals surface area contributed by atoms with E-state index in [1.807, 2.05) is 53.4 Å². The van der Waals surface area contributed by atoms with Gasteiger partial charge in [0.2, 0.25) is 0 Å². The lowest BCUT2D eigenvalue weighted by molar-refractivity contribution is 0.262. The lowest BCUT2D eigenvalue weighted by Crippen LogP contribution is -2.19. The van der Waals surface area contributed by atoms with E-state index in [2.05, 4.69) is 15.6 Å². The molecule has 2 aromatic heterocycles. The molecule has 2 heterocycles. The number of nitrogens with one attached hydrogen (secondary N) is 2. The average Bonchev–Trinajstić information content (AvgIpc) is 3.03. The van der Waals surface area contributed by atoms with Gasteiger partial charge >= 0.3 is 6.03 Å². The van der Waals surface area contributed by atoms with Crippen molar-refractivity contribution in [1.82, 2.24) is 9.55 Å². The molecule has 5 heteroatoms. The Morgan fingerprint density at radius 3 is 2.29 bits per heavy atom. The van der Waals surface area contributed by atoms with Crippen LogP contribution in [0.1, 0.15) is 0 Å². The van der Waals surface area contributed by atoms with Crippen molar-refractivity contribution in [2.75, 3.05) is 10.6 Å². The minimum absolute atomic E-state index is 0.295. The van der Waals surface area contributed by atoms with Crippen LogP contribution in [0.25, 0.3) is 5.69 Å². The number of carbonyl (C=O) groups excluding carboxylic acids is 1. The molecule has 2 amide bonds. The summed E-state index contributed by atoms with van der Waals surface area (Å²) in [5, 5.41) is 5.49. The molecule has 0 bridgehead atoms. The predicted molar refractivity (Wildman–Crippen MR) is 82.6 cm³/mol. The Morgan fingerprint density at radius 2 is 1.62 bits per heavy atom. The third kappa shape index (κ3) is 3.27. The third-order valence-electron chi connectivity index (χ3n) is 2.95. The van der Waals surface area contributed by atoms with E-state index in [1.165, 1.54) is 0 Å². The molecule has 2 N–H and O–H groups in total. The highest BCUT2D eigenvalue weighted by atomic mass is 16.2. The second-order valence-corrected chi connectivity index (χ2v) is 4.46. The van der Waals surface area contributed by atoms with Crippen molar-refractivity contribution < 1.29 is 4.79 Å². The first-order valence-corrected chi connectivity index (χ1v) is 6.53. The van der Waals surface area contributed by atoms with Gasteiger partial charge in [0.1, 0.15) is 0 Å². The minimum atomic E-state index is -0.295. The SMILES string of the molecule is O=C(Nc1ccc(-n2cccc2)cc1)Nc1cccnc1. The van der Waals surface area contributed by atoms with Crippen LogP contribution in [0.15, 0.2) is 73.3 Å². The summed E-state index contributed by atoms with van der Waals surface area (Å²) in [6, 6.07) is 14.8. The maximum absolute atomic E-state index is 11.8. The van der Waals surface area contributed by atoms with Crippen LogP contribution in [-0.2, 0) is 0 Å². The summed E-state index contributed by atoms with van der Waals surface area (Å²) in [5.74, 6) is 0. The highest BCUT2D eigenvalue weighted by Crippen LogP contribution is 2.14. The average molecular weight is 278 g/mol. The van der Waals surface area contributed by atoms with Gasteiger partial charge in [-0.05, 0) is 48.5 Å². The van der Waals surface area contributed by atoms with Gasteiger partial charge in [-0.1, -0.05) is 0 Å². The number of amides is 2. The quantitative estimate of drug-likeness (QED) is 0.770. The Bertz CT molecular complexity index is 706. The van der Waals surface area contributed by atoms with Crippen molar-refractivity contribution in [1.29, 1.82) is 0 Å². The second-order valence-electron chi connectivity index (χ2n) is 4.46. The predicted octanol–water partition coefficient (Wildman–Crippen LogP) is 3.52. The first-order valence-electron chi connectivity index (χ1n) is 6.53. The number of pyridine rings is 1. The molecule has 0 radical (unpaired) electrons. The van der Waals surface area contributed by atoms with Crippen molar-refractivity contribution in [3.8, 4) is 5.69 Å². The van der Waals surface area contributed by atoms with Crippen LogP contribution >= 0.6 is 0 Å². The van der Waals surface area contributed by atoms with Crippen molar-refractivity contribution in [3.63, 3.8) is 0 Å². The largest absolute Gasteiger partial charge is 0.324 e. The zero-order chi connectivity index (χ0) is 14.5. The van der Waals surface area contributed by atoms with Gasteiger partial charge in [0.25, 0.3) is 0 Å². The van der Waals surface area contributed by atoms with Crippen molar-refractivity contribution in [3.05, 3.63) is 73.3 Å². The molecule has 0 spiro atoms. The van der Waals surface area contributed by atoms with Gasteiger partial charge in [-0.15, -0.1) is 0 Å². The number of anilines is 2. The molecule has 3 rings (SSSR count). The normalized spacial score (nSPS) is 10.1. The smallest absolute Gasteiger partial charge is 0.323 e. The van der Waals surface area contributed by atoms with Crippen LogP contribution in [0.5, 0.6) is 0 Å². The molecular weight excluding hydrogens is 264 g/mol. The highest BCUT2D eigenvalue weighted by molar-refractivity contribution is 5.99. The van der Waals surface area contributed by atoms with E-state index in [9.17, 15) is 4.79 Å². The zero-order valence-corrected chi connectivity index (χ0v) is 11.2. The summed E-state index contributed by atoms with van der Waals surface area (Å²) in [6.07, 6.45) is 7.19. The van der Waals surface area contributed by atoms with Crippen LogP contribution in [0.2, 0.25) is 0 Å². The Labute approximate surface area is 122 Å². The third-order valence-corrected chi connectivity index (χ3v) is 2.95. The summed E-state index contributed by atoms with van der Waals surface area (Å²) in [4.78, 5) is 15.8. The van der Waals surface area contributed by atoms with Gasteiger partial charge in [0.05, 0.1) is 11.9 Å². The Morgan fingerprint density at radius 1 is 0.905 bits per heavy atom. The molecule has 0 saturated carbocycles. The first-order chi connectivity index (χ1) is 10.3. The molecule has 0 atom stereocenters. The van der Waals surface area contributed by atoms with E-state index < -0.39 is 0 Å². The van der Waals surface area contributed by atoms with E-state index in [0.29, 0.717) is 5.69 Å². The highest BCUT2D eigenvalue weighted by Gasteiger charge is 2.02. The van der Waals surface area contributed by atoms with Crippen molar-refractivity contribution >= 4 is 17.4 Å². The molecule has 0 aliphatic rings. The fourth-order valence-electron chi connectivity index (χ4n) is 1.95. The first kappa shape index (κ1) is 12.9. The van der Waals surface area contributed by atoms with Gasteiger partial charge in [-0.25, -0.2) is 4.79 Å². The molecule has 0 fully saturated rings. The molecule has 3 aromatic rings. The summed E-state index contributed by atoms with van der Waals surface area (Å²) < 4.78 is 2.00. The van der Waals surface area contributed by atoms with Crippen LogP contribution in [-0.4, -0.2) is 15.6 Å². The summed E-state index contributed by atoms with van der Waals surface area (Å²) in [7, 11) is 0. The van der Waals surface area contributed by atoms with Crippen molar-refractivity contribution in [2.45, 2.75) is 0 Å². The number of nitrogens with zero attached hydrogens (tertiary/aromatic N) is 2. The van der Waals surface area contributed by atoms with Crippen LogP contribution < -0.4 is 10.6 Å². The molecule has 1 aromatic carbocycles. The molecule has 21 heavy (non-hydrogen) atoms. The fraction of sp³-hybridized carbons (Fsp3) is 0. The maximum Gasteiger partial charge on any atom is 0.323 e. The number of aromatic nitrogens is 2. The summed E-state index contributed by atoms with van der Waals surface area (Å²) in [6.45, 7) is 0. The molecule has 0 aliphatic heterocycles. The molecular formula is C16H14N4O. The number of carbonyl (C=O) groups is 1. The van der Waals surface area contributed by atoms with Crippen LogP contribution in [0.4, 0.5) is 16.2 Å². The van der Waals surface area contributed by atoms with Gasteiger partial charge in [-0.2, -0.15) is 0 Å². The standard InChI is InChI=1S/C16H14N4O/c21-16(19-14-4-3-9-17-12-14)18-13-5-7-15(8-6-13)20-10-1-2-11-20/h1-12H,(H2,18,19,21). The Kier molecular flexibility index (Phi) is 3.64. The van der Waals surface area contributed by atoms with Crippen molar-refractivity contribution in [2.24, 2.45) is 0 Å². The van der Waals surface area contributed by atoms with Crippen LogP contribution in [0, 0.1) is 0 Å². The Balaban J connectivity index is 1.64. The maximum atomic E-state index is 11.8. The fourth-order valence-corrected chi connectivity index (χ4v) is 1.95. The van der Waals surface area contributed by atoms with E-state index in [0.717, 1.165) is 11.4 Å². The summed E-state index contributed by atoms with van der Waals surface area (Å²) in [5.41, 5.74) is 2.42. The number of hydrogen-bond donors (Lipinski definition) is 2. The number of benzene rings is 1. The molecule has 0 aliphatic carbocycles. The number of rotatable bonds is 3. The molecule has 0 unspecified atom stereocenters. The number of hydrogen-bond acceptors (Lipinski definition) is 2. The second kappa shape index (κ2) is 5.92.